The lowest BCUT2D eigenvalue weighted by Crippen LogP contribution is -2.40. The number of benzene rings is 1. The first-order chi connectivity index (χ1) is 13.5. The zero-order chi connectivity index (χ0) is 19.7. The summed E-state index contributed by atoms with van der Waals surface area (Å²) in [6.07, 6.45) is 2.87. The molecule has 1 saturated carbocycles. The van der Waals surface area contributed by atoms with Crippen molar-refractivity contribution in [3.63, 3.8) is 0 Å². The molecule has 152 valence electrons. The normalized spacial score (nSPS) is 18.9. The largest absolute Gasteiger partial charge is 0.457 e. The van der Waals surface area contributed by atoms with Gasteiger partial charge in [0.1, 0.15) is 12.4 Å². The fraction of sp³-hybridized carbons (Fsp3) is 0.579. The van der Waals surface area contributed by atoms with Crippen LogP contribution in [0.3, 0.4) is 0 Å². The van der Waals surface area contributed by atoms with E-state index < -0.39 is 10.0 Å². The third-order valence-electron chi connectivity index (χ3n) is 5.50. The van der Waals surface area contributed by atoms with E-state index in [9.17, 15) is 13.2 Å². The fourth-order valence-electron chi connectivity index (χ4n) is 3.62. The lowest BCUT2D eigenvalue weighted by molar-refractivity contribution is -0.153. The highest BCUT2D eigenvalue weighted by molar-refractivity contribution is 7.89. The number of aromatic nitrogens is 2. The third kappa shape index (κ3) is 3.54. The van der Waals surface area contributed by atoms with Crippen molar-refractivity contribution in [2.24, 2.45) is 5.92 Å². The van der Waals surface area contributed by atoms with Crippen LogP contribution in [0.4, 0.5) is 0 Å². The van der Waals surface area contributed by atoms with E-state index in [1.807, 2.05) is 11.5 Å². The van der Waals surface area contributed by atoms with E-state index in [0.717, 1.165) is 24.8 Å². The summed E-state index contributed by atoms with van der Waals surface area (Å²) in [5, 5.41) is 0. The monoisotopic (exact) mass is 407 g/mol. The molecular formula is C19H25N3O5S. The van der Waals surface area contributed by atoms with Crippen LogP contribution in [0.15, 0.2) is 23.1 Å². The zero-order valence-corrected chi connectivity index (χ0v) is 16.8. The molecule has 2 aromatic rings. The lowest BCUT2D eigenvalue weighted by Gasteiger charge is -2.26. The van der Waals surface area contributed by atoms with E-state index in [4.69, 9.17) is 9.47 Å². The van der Waals surface area contributed by atoms with Crippen LogP contribution in [0.5, 0.6) is 0 Å². The Bertz CT molecular complexity index is 975. The molecule has 1 aromatic heterocycles. The number of carbonyl (C=O) groups is 1. The number of hydrogen-bond acceptors (Lipinski definition) is 6. The standard InChI is InChI=1S/C19H25N3O5S/c1-2-22-17-7-6-15(28(24,25)21-8-10-26-11-9-21)12-16(17)20-18(22)13-27-19(23)14-4-3-5-14/h6-7,12,14H,2-5,8-11,13H2,1H3. The van der Waals surface area contributed by atoms with Crippen LogP contribution in [-0.4, -0.2) is 54.5 Å². The molecule has 9 heteroatoms. The number of hydrogen-bond donors (Lipinski definition) is 0. The number of ether oxygens (including phenoxy) is 2. The van der Waals surface area contributed by atoms with Gasteiger partial charge in [-0.2, -0.15) is 4.31 Å². The summed E-state index contributed by atoms with van der Waals surface area (Å²) < 4.78 is 39.9. The van der Waals surface area contributed by atoms with Crippen LogP contribution in [0.25, 0.3) is 11.0 Å². The Morgan fingerprint density at radius 3 is 2.68 bits per heavy atom. The second-order valence-electron chi connectivity index (χ2n) is 7.17. The van der Waals surface area contributed by atoms with Gasteiger partial charge in [0.15, 0.2) is 0 Å². The summed E-state index contributed by atoms with van der Waals surface area (Å²) in [7, 11) is -3.58. The van der Waals surface area contributed by atoms with Gasteiger partial charge in [0, 0.05) is 19.6 Å². The first kappa shape index (κ1) is 19.4. The van der Waals surface area contributed by atoms with Crippen LogP contribution in [-0.2, 0) is 37.4 Å². The van der Waals surface area contributed by atoms with Gasteiger partial charge in [-0.25, -0.2) is 13.4 Å². The van der Waals surface area contributed by atoms with E-state index in [1.165, 1.54) is 4.31 Å². The van der Waals surface area contributed by atoms with Gasteiger partial charge < -0.3 is 14.0 Å². The van der Waals surface area contributed by atoms with Gasteiger partial charge in [0.05, 0.1) is 35.1 Å². The minimum absolute atomic E-state index is 0.0183. The maximum atomic E-state index is 12.9. The van der Waals surface area contributed by atoms with E-state index in [2.05, 4.69) is 4.98 Å². The molecule has 0 bridgehead atoms. The molecule has 0 spiro atoms. The molecule has 4 rings (SSSR count). The Morgan fingerprint density at radius 2 is 2.04 bits per heavy atom. The van der Waals surface area contributed by atoms with Gasteiger partial charge in [-0.05, 0) is 38.0 Å². The Hall–Kier alpha value is -1.97. The molecule has 8 nitrogen and oxygen atoms in total. The molecule has 2 aliphatic rings. The molecule has 1 aliphatic carbocycles. The maximum Gasteiger partial charge on any atom is 0.309 e. The predicted molar refractivity (Wildman–Crippen MR) is 102 cm³/mol. The van der Waals surface area contributed by atoms with Crippen molar-refractivity contribution in [3.8, 4) is 0 Å². The van der Waals surface area contributed by atoms with Crippen LogP contribution >= 0.6 is 0 Å². The van der Waals surface area contributed by atoms with E-state index in [0.29, 0.717) is 44.2 Å². The Kier molecular flexibility index (Phi) is 5.39. The Balaban J connectivity index is 1.59. The molecule has 2 fully saturated rings. The van der Waals surface area contributed by atoms with Crippen molar-refractivity contribution >= 4 is 27.0 Å². The van der Waals surface area contributed by atoms with Gasteiger partial charge in [0.25, 0.3) is 0 Å². The van der Waals surface area contributed by atoms with Gasteiger partial charge in [0.2, 0.25) is 10.0 Å². The van der Waals surface area contributed by atoms with Crippen molar-refractivity contribution in [1.82, 2.24) is 13.9 Å². The SMILES string of the molecule is CCn1c(COC(=O)C2CCC2)nc2cc(S(=O)(=O)N3CCOCC3)ccc21. The van der Waals surface area contributed by atoms with Crippen molar-refractivity contribution in [2.75, 3.05) is 26.3 Å². The number of aryl methyl sites for hydroxylation is 1. The Morgan fingerprint density at radius 1 is 1.29 bits per heavy atom. The molecule has 0 radical (unpaired) electrons. The molecule has 28 heavy (non-hydrogen) atoms. The number of imidazole rings is 1. The summed E-state index contributed by atoms with van der Waals surface area (Å²) in [6.45, 7) is 4.26. The minimum atomic E-state index is -3.58. The van der Waals surface area contributed by atoms with E-state index in [-0.39, 0.29) is 23.4 Å². The number of rotatable bonds is 6. The first-order valence-corrected chi connectivity index (χ1v) is 11.2. The molecule has 0 atom stereocenters. The number of nitrogens with zero attached hydrogens (tertiary/aromatic N) is 3. The average molecular weight is 407 g/mol. The molecule has 0 N–H and O–H groups in total. The molecule has 0 unspecified atom stereocenters. The molecule has 1 aromatic carbocycles. The summed E-state index contributed by atoms with van der Waals surface area (Å²) in [5.41, 5.74) is 1.42. The number of sulfonamides is 1. The van der Waals surface area contributed by atoms with Gasteiger partial charge >= 0.3 is 5.97 Å². The van der Waals surface area contributed by atoms with Crippen molar-refractivity contribution in [3.05, 3.63) is 24.0 Å². The zero-order valence-electron chi connectivity index (χ0n) is 16.0. The van der Waals surface area contributed by atoms with Crippen LogP contribution in [0, 0.1) is 5.92 Å². The lowest BCUT2D eigenvalue weighted by atomic mass is 9.86. The third-order valence-corrected chi connectivity index (χ3v) is 7.40. The highest BCUT2D eigenvalue weighted by Gasteiger charge is 2.28. The summed E-state index contributed by atoms with van der Waals surface area (Å²) in [5.74, 6) is 0.479. The maximum absolute atomic E-state index is 12.9. The van der Waals surface area contributed by atoms with Gasteiger partial charge in [-0.1, -0.05) is 6.42 Å². The van der Waals surface area contributed by atoms with Gasteiger partial charge in [-0.15, -0.1) is 0 Å². The highest BCUT2D eigenvalue weighted by Crippen LogP contribution is 2.28. The van der Waals surface area contributed by atoms with Gasteiger partial charge in [-0.3, -0.25) is 4.79 Å². The Labute approximate surface area is 164 Å². The summed E-state index contributed by atoms with van der Waals surface area (Å²) in [4.78, 5) is 16.8. The van der Waals surface area contributed by atoms with Crippen molar-refractivity contribution in [2.45, 2.75) is 44.2 Å². The topological polar surface area (TPSA) is 90.7 Å². The fourth-order valence-corrected chi connectivity index (χ4v) is 5.04. The quantitative estimate of drug-likeness (QED) is 0.680. The van der Waals surface area contributed by atoms with E-state index in [1.54, 1.807) is 18.2 Å². The van der Waals surface area contributed by atoms with E-state index >= 15 is 0 Å². The second kappa shape index (κ2) is 7.81. The number of carbonyl (C=O) groups excluding carboxylic acids is 1. The van der Waals surface area contributed by atoms with Crippen LogP contribution in [0.1, 0.15) is 32.0 Å². The molecule has 1 aliphatic heterocycles. The molecule has 1 saturated heterocycles. The summed E-state index contributed by atoms with van der Waals surface area (Å²) in [6, 6.07) is 4.99. The molecular weight excluding hydrogens is 382 g/mol. The number of morpholine rings is 1. The smallest absolute Gasteiger partial charge is 0.309 e. The highest BCUT2D eigenvalue weighted by atomic mass is 32.2. The minimum Gasteiger partial charge on any atom is -0.457 e. The average Bonchev–Trinajstić information content (AvgIpc) is 3.02. The predicted octanol–water partition coefficient (Wildman–Crippen LogP) is 1.92. The molecule has 0 amide bonds. The number of esters is 1. The van der Waals surface area contributed by atoms with Crippen molar-refractivity contribution < 1.29 is 22.7 Å². The van der Waals surface area contributed by atoms with Crippen LogP contribution < -0.4 is 0 Å². The van der Waals surface area contributed by atoms with Crippen molar-refractivity contribution in [1.29, 1.82) is 0 Å². The molecule has 2 heterocycles. The first-order valence-electron chi connectivity index (χ1n) is 9.74. The summed E-state index contributed by atoms with van der Waals surface area (Å²) >= 11 is 0. The number of fused-ring (bicyclic) bond motifs is 1. The second-order valence-corrected chi connectivity index (χ2v) is 9.11. The van der Waals surface area contributed by atoms with Crippen LogP contribution in [0.2, 0.25) is 0 Å².